The zero-order valence-corrected chi connectivity index (χ0v) is 14.7. The third kappa shape index (κ3) is 4.37. The Morgan fingerprint density at radius 2 is 2.09 bits per heavy atom. The third-order valence-electron chi connectivity index (χ3n) is 4.07. The predicted octanol–water partition coefficient (Wildman–Crippen LogP) is 2.85. The first-order chi connectivity index (χ1) is 10.8. The summed E-state index contributed by atoms with van der Waals surface area (Å²) in [4.78, 5) is 11.9. The lowest BCUT2D eigenvalue weighted by Gasteiger charge is -2.29. The summed E-state index contributed by atoms with van der Waals surface area (Å²) in [5, 5.41) is 5.60. The molecule has 1 aromatic carbocycles. The van der Waals surface area contributed by atoms with Crippen LogP contribution in [0.2, 0.25) is 0 Å². The standard InChI is InChI=1S/C16H25N3O3S/c1-4-13(3)17-16(20)18-14-8-7-12(2)15(11-14)19-9-5-6-10-23(19,21)22/h7-8,11,13H,4-6,9-10H2,1-3H3,(H2,17,18,20). The van der Waals surface area contributed by atoms with Gasteiger partial charge in [0.05, 0.1) is 11.4 Å². The first kappa shape index (κ1) is 17.6. The van der Waals surface area contributed by atoms with Gasteiger partial charge < -0.3 is 10.6 Å². The zero-order valence-electron chi connectivity index (χ0n) is 13.9. The van der Waals surface area contributed by atoms with Crippen LogP contribution in [0.25, 0.3) is 0 Å². The summed E-state index contributed by atoms with van der Waals surface area (Å²) < 4.78 is 26.0. The van der Waals surface area contributed by atoms with Gasteiger partial charge in [-0.3, -0.25) is 4.31 Å². The topological polar surface area (TPSA) is 78.5 Å². The van der Waals surface area contributed by atoms with Crippen molar-refractivity contribution < 1.29 is 13.2 Å². The van der Waals surface area contributed by atoms with Crippen LogP contribution in [-0.2, 0) is 10.0 Å². The Hall–Kier alpha value is -1.76. The van der Waals surface area contributed by atoms with Crippen molar-refractivity contribution in [1.29, 1.82) is 0 Å². The van der Waals surface area contributed by atoms with E-state index in [0.717, 1.165) is 18.4 Å². The molecule has 2 amide bonds. The quantitative estimate of drug-likeness (QED) is 0.885. The summed E-state index contributed by atoms with van der Waals surface area (Å²) in [5.41, 5.74) is 2.11. The van der Waals surface area contributed by atoms with E-state index in [-0.39, 0.29) is 17.8 Å². The second kappa shape index (κ2) is 7.21. The van der Waals surface area contributed by atoms with Crippen LogP contribution in [0.4, 0.5) is 16.2 Å². The van der Waals surface area contributed by atoms with Crippen LogP contribution in [0.5, 0.6) is 0 Å². The molecule has 128 valence electrons. The molecule has 0 aliphatic carbocycles. The van der Waals surface area contributed by atoms with Crippen LogP contribution < -0.4 is 14.9 Å². The summed E-state index contributed by atoms with van der Waals surface area (Å²) in [6, 6.07) is 5.15. The molecule has 2 N–H and O–H groups in total. The molecule has 0 saturated carbocycles. The molecule has 6 nitrogen and oxygen atoms in total. The average Bonchev–Trinajstić information content (AvgIpc) is 2.49. The van der Waals surface area contributed by atoms with Gasteiger partial charge in [0, 0.05) is 18.3 Å². The number of carbonyl (C=O) groups excluding carboxylic acids is 1. The van der Waals surface area contributed by atoms with Gasteiger partial charge in [-0.25, -0.2) is 13.2 Å². The second-order valence-electron chi connectivity index (χ2n) is 6.00. The van der Waals surface area contributed by atoms with Crippen LogP contribution in [0.1, 0.15) is 38.7 Å². The molecule has 1 aliphatic heterocycles. The maximum absolute atomic E-state index is 12.3. The number of anilines is 2. The van der Waals surface area contributed by atoms with Crippen molar-refractivity contribution in [3.05, 3.63) is 23.8 Å². The third-order valence-corrected chi connectivity index (χ3v) is 5.93. The van der Waals surface area contributed by atoms with Crippen molar-refractivity contribution in [3.63, 3.8) is 0 Å². The highest BCUT2D eigenvalue weighted by atomic mass is 32.2. The van der Waals surface area contributed by atoms with Gasteiger partial charge in [0.1, 0.15) is 0 Å². The molecule has 1 aromatic rings. The Labute approximate surface area is 138 Å². The molecule has 0 aromatic heterocycles. The first-order valence-electron chi connectivity index (χ1n) is 8.02. The molecular formula is C16H25N3O3S. The number of hydrogen-bond donors (Lipinski definition) is 2. The van der Waals surface area contributed by atoms with Crippen LogP contribution >= 0.6 is 0 Å². The first-order valence-corrected chi connectivity index (χ1v) is 9.63. The van der Waals surface area contributed by atoms with Crippen molar-refractivity contribution in [1.82, 2.24) is 5.32 Å². The number of benzene rings is 1. The van der Waals surface area contributed by atoms with E-state index in [0.29, 0.717) is 24.3 Å². The van der Waals surface area contributed by atoms with E-state index >= 15 is 0 Å². The number of nitrogens with one attached hydrogen (secondary N) is 2. The smallest absolute Gasteiger partial charge is 0.319 e. The van der Waals surface area contributed by atoms with E-state index in [2.05, 4.69) is 10.6 Å². The van der Waals surface area contributed by atoms with Crippen molar-refractivity contribution in [2.45, 2.75) is 46.1 Å². The van der Waals surface area contributed by atoms with Crippen LogP contribution in [-0.4, -0.2) is 32.8 Å². The highest BCUT2D eigenvalue weighted by Gasteiger charge is 2.27. The molecule has 1 fully saturated rings. The van der Waals surface area contributed by atoms with Gasteiger partial charge in [-0.05, 0) is 50.8 Å². The summed E-state index contributed by atoms with van der Waals surface area (Å²) in [5.74, 6) is 0.179. The van der Waals surface area contributed by atoms with Gasteiger partial charge in [0.2, 0.25) is 10.0 Å². The van der Waals surface area contributed by atoms with E-state index < -0.39 is 10.0 Å². The SMILES string of the molecule is CCC(C)NC(=O)Nc1ccc(C)c(N2CCCCS2(=O)=O)c1. The number of urea groups is 1. The summed E-state index contributed by atoms with van der Waals surface area (Å²) in [7, 11) is -3.26. The second-order valence-corrected chi connectivity index (χ2v) is 8.02. The Kier molecular flexibility index (Phi) is 5.51. The molecule has 1 saturated heterocycles. The Morgan fingerprint density at radius 1 is 1.35 bits per heavy atom. The highest BCUT2D eigenvalue weighted by Crippen LogP contribution is 2.29. The molecule has 1 heterocycles. The number of carbonyl (C=O) groups is 1. The Balaban J connectivity index is 2.20. The fourth-order valence-corrected chi connectivity index (χ4v) is 4.20. The predicted molar refractivity (Wildman–Crippen MR) is 93.5 cm³/mol. The molecule has 1 atom stereocenters. The van der Waals surface area contributed by atoms with E-state index in [1.54, 1.807) is 12.1 Å². The lowest BCUT2D eigenvalue weighted by atomic mass is 10.1. The van der Waals surface area contributed by atoms with Crippen LogP contribution in [0, 0.1) is 6.92 Å². The lowest BCUT2D eigenvalue weighted by molar-refractivity contribution is 0.249. The molecule has 0 bridgehead atoms. The summed E-state index contributed by atoms with van der Waals surface area (Å²) >= 11 is 0. The van der Waals surface area contributed by atoms with Gasteiger partial charge in [-0.2, -0.15) is 0 Å². The van der Waals surface area contributed by atoms with E-state index in [4.69, 9.17) is 0 Å². The van der Waals surface area contributed by atoms with E-state index in [1.165, 1.54) is 4.31 Å². The number of hydrogen-bond acceptors (Lipinski definition) is 3. The van der Waals surface area contributed by atoms with E-state index in [9.17, 15) is 13.2 Å². The van der Waals surface area contributed by atoms with Gasteiger partial charge in [-0.1, -0.05) is 13.0 Å². The molecule has 0 radical (unpaired) electrons. The summed E-state index contributed by atoms with van der Waals surface area (Å²) in [6.45, 7) is 6.30. The Morgan fingerprint density at radius 3 is 2.74 bits per heavy atom. The van der Waals surface area contributed by atoms with Crippen molar-refractivity contribution in [2.75, 3.05) is 21.9 Å². The van der Waals surface area contributed by atoms with Crippen LogP contribution in [0.3, 0.4) is 0 Å². The van der Waals surface area contributed by atoms with E-state index in [1.807, 2.05) is 26.8 Å². The van der Waals surface area contributed by atoms with Crippen LogP contribution in [0.15, 0.2) is 18.2 Å². The maximum atomic E-state index is 12.3. The molecule has 2 rings (SSSR count). The lowest BCUT2D eigenvalue weighted by Crippen LogP contribution is -2.38. The highest BCUT2D eigenvalue weighted by molar-refractivity contribution is 7.92. The van der Waals surface area contributed by atoms with Gasteiger partial charge in [0.25, 0.3) is 0 Å². The molecule has 7 heteroatoms. The van der Waals surface area contributed by atoms with Crippen molar-refractivity contribution >= 4 is 27.4 Å². The van der Waals surface area contributed by atoms with Gasteiger partial charge in [-0.15, -0.1) is 0 Å². The minimum absolute atomic E-state index is 0.0855. The Bertz CT molecular complexity index is 673. The number of rotatable bonds is 4. The molecule has 0 spiro atoms. The minimum Gasteiger partial charge on any atom is -0.335 e. The maximum Gasteiger partial charge on any atom is 0.319 e. The number of amides is 2. The largest absolute Gasteiger partial charge is 0.335 e. The number of sulfonamides is 1. The monoisotopic (exact) mass is 339 g/mol. The normalized spacial score (nSPS) is 18.3. The van der Waals surface area contributed by atoms with Gasteiger partial charge in [0.15, 0.2) is 0 Å². The fourth-order valence-electron chi connectivity index (χ4n) is 2.51. The number of aryl methyl sites for hydroxylation is 1. The minimum atomic E-state index is -3.26. The number of nitrogens with zero attached hydrogens (tertiary/aromatic N) is 1. The zero-order chi connectivity index (χ0) is 17.0. The molecule has 1 aliphatic rings. The molecule has 23 heavy (non-hydrogen) atoms. The summed E-state index contributed by atoms with van der Waals surface area (Å²) in [6.07, 6.45) is 2.40. The molecule has 1 unspecified atom stereocenters. The molecular weight excluding hydrogens is 314 g/mol. The average molecular weight is 339 g/mol. The fraction of sp³-hybridized carbons (Fsp3) is 0.562. The van der Waals surface area contributed by atoms with Crippen molar-refractivity contribution in [2.24, 2.45) is 0 Å². The van der Waals surface area contributed by atoms with Crippen molar-refractivity contribution in [3.8, 4) is 0 Å². The van der Waals surface area contributed by atoms with Gasteiger partial charge >= 0.3 is 6.03 Å².